The molecule has 1 fully saturated rings. The number of hydrogen-bond acceptors (Lipinski definition) is 5. The minimum Gasteiger partial charge on any atom is -0.465 e. The second-order valence-corrected chi connectivity index (χ2v) is 8.95. The van der Waals surface area contributed by atoms with Crippen LogP contribution in [-0.4, -0.2) is 31.3 Å². The Bertz CT molecular complexity index is 1130. The second kappa shape index (κ2) is 8.31. The topological polar surface area (TPSA) is 90.3 Å². The van der Waals surface area contributed by atoms with Gasteiger partial charge in [0, 0.05) is 17.4 Å². The number of hydrogen-bond donors (Lipinski definition) is 1. The number of anilines is 1. The molecule has 0 aliphatic heterocycles. The standard InChI is InChI=1S/C22H23N3O4S/c1-29-22(26)17-11-13-18(14-12-17)24-30(27,28)20-15-25(19-9-5-6-10-19)23-21(20)16-7-3-2-4-8-16/h2-4,7-8,11-15,19,24H,5-6,9-10H2,1H3. The highest BCUT2D eigenvalue weighted by atomic mass is 32.2. The Morgan fingerprint density at radius 1 is 1.07 bits per heavy atom. The van der Waals surface area contributed by atoms with Crippen molar-refractivity contribution in [3.05, 3.63) is 66.4 Å². The number of carbonyl (C=O) groups is 1. The Kier molecular flexibility index (Phi) is 5.59. The number of esters is 1. The maximum absolute atomic E-state index is 13.2. The van der Waals surface area contributed by atoms with Crippen LogP contribution in [0, 0.1) is 0 Å². The summed E-state index contributed by atoms with van der Waals surface area (Å²) >= 11 is 0. The first kappa shape index (κ1) is 20.2. The molecule has 1 saturated carbocycles. The van der Waals surface area contributed by atoms with Crippen molar-refractivity contribution in [3.8, 4) is 11.3 Å². The molecule has 0 spiro atoms. The van der Waals surface area contributed by atoms with Crippen molar-refractivity contribution in [2.75, 3.05) is 11.8 Å². The largest absolute Gasteiger partial charge is 0.465 e. The fourth-order valence-electron chi connectivity index (χ4n) is 3.73. The van der Waals surface area contributed by atoms with Crippen LogP contribution in [0.4, 0.5) is 5.69 Å². The predicted molar refractivity (Wildman–Crippen MR) is 114 cm³/mol. The van der Waals surface area contributed by atoms with E-state index in [0.29, 0.717) is 16.9 Å². The SMILES string of the molecule is COC(=O)c1ccc(NS(=O)(=O)c2cn(C3CCCC3)nc2-c2ccccc2)cc1. The molecule has 1 N–H and O–H groups in total. The van der Waals surface area contributed by atoms with Gasteiger partial charge in [-0.05, 0) is 37.1 Å². The maximum Gasteiger partial charge on any atom is 0.337 e. The van der Waals surface area contributed by atoms with Gasteiger partial charge in [0.15, 0.2) is 0 Å². The number of ether oxygens (including phenoxy) is 1. The summed E-state index contributed by atoms with van der Waals surface area (Å²) in [5.41, 5.74) is 1.88. The van der Waals surface area contributed by atoms with E-state index in [1.165, 1.54) is 31.4 Å². The smallest absolute Gasteiger partial charge is 0.337 e. The molecule has 4 rings (SSSR count). The number of methoxy groups -OCH3 is 1. The number of rotatable bonds is 6. The molecule has 8 heteroatoms. The Morgan fingerprint density at radius 3 is 2.37 bits per heavy atom. The van der Waals surface area contributed by atoms with Crippen LogP contribution in [0.3, 0.4) is 0 Å². The highest BCUT2D eigenvalue weighted by molar-refractivity contribution is 7.92. The number of sulfonamides is 1. The summed E-state index contributed by atoms with van der Waals surface area (Å²) in [5.74, 6) is -0.478. The molecule has 156 valence electrons. The lowest BCUT2D eigenvalue weighted by Crippen LogP contribution is -2.13. The van der Waals surface area contributed by atoms with Gasteiger partial charge in [-0.15, -0.1) is 0 Å². The van der Waals surface area contributed by atoms with Crippen molar-refractivity contribution in [2.45, 2.75) is 36.6 Å². The average Bonchev–Trinajstić information content (AvgIpc) is 3.44. The van der Waals surface area contributed by atoms with Crippen LogP contribution in [0.15, 0.2) is 65.7 Å². The minimum atomic E-state index is -3.89. The van der Waals surface area contributed by atoms with Gasteiger partial charge in [0.05, 0.1) is 18.7 Å². The molecular formula is C22H23N3O4S. The third-order valence-electron chi connectivity index (χ3n) is 5.29. The van der Waals surface area contributed by atoms with Gasteiger partial charge in [-0.2, -0.15) is 5.10 Å². The monoisotopic (exact) mass is 425 g/mol. The molecule has 0 radical (unpaired) electrons. The third-order valence-corrected chi connectivity index (χ3v) is 6.67. The van der Waals surface area contributed by atoms with E-state index < -0.39 is 16.0 Å². The number of carbonyl (C=O) groups excluding carboxylic acids is 1. The van der Waals surface area contributed by atoms with Crippen molar-refractivity contribution in [1.29, 1.82) is 0 Å². The zero-order chi connectivity index (χ0) is 21.1. The highest BCUT2D eigenvalue weighted by Crippen LogP contribution is 2.33. The molecule has 0 amide bonds. The maximum atomic E-state index is 13.2. The molecule has 1 heterocycles. The summed E-state index contributed by atoms with van der Waals surface area (Å²) in [6.45, 7) is 0. The number of nitrogens with zero attached hydrogens (tertiary/aromatic N) is 2. The first-order valence-electron chi connectivity index (χ1n) is 9.84. The summed E-state index contributed by atoms with van der Waals surface area (Å²) in [4.78, 5) is 11.7. The molecule has 0 saturated heterocycles. The van der Waals surface area contributed by atoms with Gasteiger partial charge < -0.3 is 4.74 Å². The summed E-state index contributed by atoms with van der Waals surface area (Å²) in [6.07, 6.45) is 5.87. The van der Waals surface area contributed by atoms with Crippen LogP contribution in [0.1, 0.15) is 42.1 Å². The average molecular weight is 426 g/mol. The summed E-state index contributed by atoms with van der Waals surface area (Å²) in [7, 11) is -2.59. The zero-order valence-electron chi connectivity index (χ0n) is 16.6. The molecule has 2 aromatic carbocycles. The van der Waals surface area contributed by atoms with Gasteiger partial charge in [-0.1, -0.05) is 43.2 Å². The normalized spacial score (nSPS) is 14.6. The molecule has 1 aliphatic rings. The van der Waals surface area contributed by atoms with Crippen LogP contribution >= 0.6 is 0 Å². The quantitative estimate of drug-likeness (QED) is 0.596. The van der Waals surface area contributed by atoms with E-state index in [4.69, 9.17) is 0 Å². The van der Waals surface area contributed by atoms with E-state index in [0.717, 1.165) is 31.2 Å². The van der Waals surface area contributed by atoms with Crippen molar-refractivity contribution < 1.29 is 17.9 Å². The lowest BCUT2D eigenvalue weighted by Gasteiger charge is -2.09. The van der Waals surface area contributed by atoms with E-state index in [1.807, 2.05) is 30.3 Å². The lowest BCUT2D eigenvalue weighted by molar-refractivity contribution is 0.0601. The Labute approximate surface area is 175 Å². The Hall–Kier alpha value is -3.13. The first-order valence-corrected chi connectivity index (χ1v) is 11.3. The molecule has 0 atom stereocenters. The Morgan fingerprint density at radius 2 is 1.73 bits per heavy atom. The van der Waals surface area contributed by atoms with Crippen molar-refractivity contribution in [2.24, 2.45) is 0 Å². The van der Waals surface area contributed by atoms with Crippen LogP contribution in [-0.2, 0) is 14.8 Å². The zero-order valence-corrected chi connectivity index (χ0v) is 17.4. The number of nitrogens with one attached hydrogen (secondary N) is 1. The molecule has 30 heavy (non-hydrogen) atoms. The molecule has 0 bridgehead atoms. The second-order valence-electron chi connectivity index (χ2n) is 7.30. The minimum absolute atomic E-state index is 0.137. The fraction of sp³-hybridized carbons (Fsp3) is 0.273. The van der Waals surface area contributed by atoms with Crippen LogP contribution < -0.4 is 4.72 Å². The molecule has 3 aromatic rings. The van der Waals surface area contributed by atoms with Gasteiger partial charge in [0.2, 0.25) is 0 Å². The predicted octanol–water partition coefficient (Wildman–Crippen LogP) is 4.25. The van der Waals surface area contributed by atoms with Gasteiger partial charge in [0.1, 0.15) is 10.6 Å². The molecule has 7 nitrogen and oxygen atoms in total. The molecular weight excluding hydrogens is 402 g/mol. The molecule has 1 aliphatic carbocycles. The van der Waals surface area contributed by atoms with Crippen LogP contribution in [0.5, 0.6) is 0 Å². The van der Waals surface area contributed by atoms with Crippen molar-refractivity contribution in [1.82, 2.24) is 9.78 Å². The van der Waals surface area contributed by atoms with E-state index in [-0.39, 0.29) is 10.9 Å². The summed E-state index contributed by atoms with van der Waals surface area (Å²) in [5, 5.41) is 4.66. The van der Waals surface area contributed by atoms with Crippen LogP contribution in [0.2, 0.25) is 0 Å². The fourth-order valence-corrected chi connectivity index (χ4v) is 4.94. The Balaban J connectivity index is 1.69. The van der Waals surface area contributed by atoms with Crippen molar-refractivity contribution >= 4 is 21.7 Å². The van der Waals surface area contributed by atoms with Gasteiger partial charge in [0.25, 0.3) is 10.0 Å². The van der Waals surface area contributed by atoms with Crippen molar-refractivity contribution in [3.63, 3.8) is 0 Å². The van der Waals surface area contributed by atoms with Crippen LogP contribution in [0.25, 0.3) is 11.3 Å². The van der Waals surface area contributed by atoms with Gasteiger partial charge >= 0.3 is 5.97 Å². The van der Waals surface area contributed by atoms with E-state index in [1.54, 1.807) is 10.9 Å². The first-order chi connectivity index (χ1) is 14.5. The van der Waals surface area contributed by atoms with E-state index >= 15 is 0 Å². The summed E-state index contributed by atoms with van der Waals surface area (Å²) in [6, 6.07) is 15.6. The number of benzene rings is 2. The van der Waals surface area contributed by atoms with Gasteiger partial charge in [-0.25, -0.2) is 13.2 Å². The molecule has 1 aromatic heterocycles. The summed E-state index contributed by atoms with van der Waals surface area (Å²) < 4.78 is 35.6. The third kappa shape index (κ3) is 4.09. The van der Waals surface area contributed by atoms with E-state index in [2.05, 4.69) is 14.6 Å². The molecule has 0 unspecified atom stereocenters. The van der Waals surface area contributed by atoms with E-state index in [9.17, 15) is 13.2 Å². The number of aromatic nitrogens is 2. The van der Waals surface area contributed by atoms with Gasteiger partial charge in [-0.3, -0.25) is 9.40 Å². The lowest BCUT2D eigenvalue weighted by atomic mass is 10.2. The highest BCUT2D eigenvalue weighted by Gasteiger charge is 2.27.